The Bertz CT molecular complexity index is 1380. The molecule has 0 saturated heterocycles. The van der Waals surface area contributed by atoms with Gasteiger partial charge in [-0.1, -0.05) is 90.5 Å². The van der Waals surface area contributed by atoms with Crippen LogP contribution in [-0.2, 0) is 6.54 Å². The average Bonchev–Trinajstić information content (AvgIpc) is 3.33. The Balaban J connectivity index is 1.27. The number of benzene rings is 4. The van der Waals surface area contributed by atoms with Crippen LogP contribution in [0, 0.1) is 6.92 Å². The van der Waals surface area contributed by atoms with Crippen molar-refractivity contribution in [1.29, 1.82) is 0 Å². The summed E-state index contributed by atoms with van der Waals surface area (Å²) in [7, 11) is 0. The fourth-order valence-corrected chi connectivity index (χ4v) is 4.56. The first-order valence-electron chi connectivity index (χ1n) is 10.6. The van der Waals surface area contributed by atoms with E-state index in [0.717, 1.165) is 38.2 Å². The van der Waals surface area contributed by atoms with E-state index in [2.05, 4.69) is 54.0 Å². The molecular formula is C28H22N2OS. The first-order chi connectivity index (χ1) is 15.7. The number of nitrogens with zero attached hydrogens (tertiary/aromatic N) is 1. The van der Waals surface area contributed by atoms with Crippen molar-refractivity contribution < 1.29 is 4.79 Å². The van der Waals surface area contributed by atoms with Crippen LogP contribution < -0.4 is 5.32 Å². The van der Waals surface area contributed by atoms with Gasteiger partial charge >= 0.3 is 0 Å². The molecule has 0 bridgehead atoms. The zero-order valence-corrected chi connectivity index (χ0v) is 18.5. The third kappa shape index (κ3) is 4.18. The number of rotatable bonds is 5. The lowest BCUT2D eigenvalue weighted by Crippen LogP contribution is -2.22. The smallest absolute Gasteiger partial charge is 0.252 e. The molecule has 4 aromatic carbocycles. The summed E-state index contributed by atoms with van der Waals surface area (Å²) in [5.74, 6) is -0.0615. The number of hydrogen-bond acceptors (Lipinski definition) is 3. The van der Waals surface area contributed by atoms with Crippen LogP contribution in [-0.4, -0.2) is 10.9 Å². The summed E-state index contributed by atoms with van der Waals surface area (Å²) in [5.41, 5.74) is 6.20. The zero-order chi connectivity index (χ0) is 21.9. The second-order valence-electron chi connectivity index (χ2n) is 7.81. The van der Waals surface area contributed by atoms with E-state index in [-0.39, 0.29) is 5.91 Å². The summed E-state index contributed by atoms with van der Waals surface area (Å²) in [4.78, 5) is 17.6. The van der Waals surface area contributed by atoms with E-state index < -0.39 is 0 Å². The van der Waals surface area contributed by atoms with E-state index in [1.54, 1.807) is 11.3 Å². The van der Waals surface area contributed by atoms with Crippen molar-refractivity contribution in [3.8, 4) is 21.8 Å². The van der Waals surface area contributed by atoms with Crippen LogP contribution in [0.15, 0.2) is 96.4 Å². The predicted octanol–water partition coefficient (Wildman–Crippen LogP) is 6.87. The van der Waals surface area contributed by atoms with Gasteiger partial charge in [0.25, 0.3) is 5.91 Å². The molecule has 0 fully saturated rings. The third-order valence-electron chi connectivity index (χ3n) is 5.54. The molecular weight excluding hydrogens is 412 g/mol. The number of nitrogens with one attached hydrogen (secondary N) is 1. The first-order valence-corrected chi connectivity index (χ1v) is 11.4. The second kappa shape index (κ2) is 8.77. The SMILES string of the molecule is Cc1ccc(-c2csc(-c3ccc(CNC(=O)c4cccc5ccccc45)cc3)n2)cc1. The van der Waals surface area contributed by atoms with E-state index >= 15 is 0 Å². The molecule has 1 amide bonds. The van der Waals surface area contributed by atoms with Crippen LogP contribution in [0.5, 0.6) is 0 Å². The van der Waals surface area contributed by atoms with Gasteiger partial charge in [0.15, 0.2) is 0 Å². The molecule has 32 heavy (non-hydrogen) atoms. The van der Waals surface area contributed by atoms with Crippen LogP contribution in [0.1, 0.15) is 21.5 Å². The zero-order valence-electron chi connectivity index (χ0n) is 17.7. The lowest BCUT2D eigenvalue weighted by Gasteiger charge is -2.08. The van der Waals surface area contributed by atoms with Gasteiger partial charge in [-0.25, -0.2) is 4.98 Å². The minimum Gasteiger partial charge on any atom is -0.348 e. The highest BCUT2D eigenvalue weighted by Gasteiger charge is 2.10. The molecule has 5 aromatic rings. The Hall–Kier alpha value is -3.76. The number of aromatic nitrogens is 1. The Morgan fingerprint density at radius 2 is 1.56 bits per heavy atom. The molecule has 1 N–H and O–H groups in total. The second-order valence-corrected chi connectivity index (χ2v) is 8.67. The highest BCUT2D eigenvalue weighted by atomic mass is 32.1. The number of thiazole rings is 1. The maximum absolute atomic E-state index is 12.8. The van der Waals surface area contributed by atoms with Crippen molar-refractivity contribution in [2.45, 2.75) is 13.5 Å². The van der Waals surface area contributed by atoms with Crippen molar-refractivity contribution in [3.05, 3.63) is 113 Å². The van der Waals surface area contributed by atoms with Crippen LogP contribution in [0.3, 0.4) is 0 Å². The van der Waals surface area contributed by atoms with E-state index in [4.69, 9.17) is 4.98 Å². The standard InChI is InChI=1S/C28H22N2OS/c1-19-9-13-22(14-10-19)26-18-32-28(30-26)23-15-11-20(12-16-23)17-29-27(31)25-8-4-6-21-5-2-3-7-24(21)25/h2-16,18H,17H2,1H3,(H,29,31). The van der Waals surface area contributed by atoms with Gasteiger partial charge in [0.1, 0.15) is 5.01 Å². The lowest BCUT2D eigenvalue weighted by molar-refractivity contribution is 0.0952. The molecule has 1 aromatic heterocycles. The summed E-state index contributed by atoms with van der Waals surface area (Å²) in [6, 6.07) is 30.4. The first kappa shape index (κ1) is 20.2. The van der Waals surface area contributed by atoms with E-state index in [1.807, 2.05) is 54.6 Å². The molecule has 156 valence electrons. The summed E-state index contributed by atoms with van der Waals surface area (Å²) in [6.45, 7) is 2.57. The molecule has 0 atom stereocenters. The Labute approximate surface area is 191 Å². The highest BCUT2D eigenvalue weighted by Crippen LogP contribution is 2.29. The molecule has 0 aliphatic carbocycles. The fourth-order valence-electron chi connectivity index (χ4n) is 3.73. The van der Waals surface area contributed by atoms with Crippen LogP contribution in [0.2, 0.25) is 0 Å². The number of carbonyl (C=O) groups is 1. The summed E-state index contributed by atoms with van der Waals surface area (Å²) >= 11 is 1.64. The van der Waals surface area contributed by atoms with Gasteiger partial charge in [0.05, 0.1) is 5.69 Å². The number of fused-ring (bicyclic) bond motifs is 1. The number of amides is 1. The number of aryl methyl sites for hydroxylation is 1. The summed E-state index contributed by atoms with van der Waals surface area (Å²) in [5, 5.41) is 8.17. The van der Waals surface area contributed by atoms with E-state index in [1.165, 1.54) is 5.56 Å². The molecule has 4 heteroatoms. The quantitative estimate of drug-likeness (QED) is 0.328. The van der Waals surface area contributed by atoms with Crippen molar-refractivity contribution in [3.63, 3.8) is 0 Å². The van der Waals surface area contributed by atoms with Crippen LogP contribution in [0.4, 0.5) is 0 Å². The molecule has 0 aliphatic heterocycles. The van der Waals surface area contributed by atoms with Gasteiger partial charge < -0.3 is 5.32 Å². The maximum atomic E-state index is 12.8. The Morgan fingerprint density at radius 1 is 0.844 bits per heavy atom. The summed E-state index contributed by atoms with van der Waals surface area (Å²) in [6.07, 6.45) is 0. The molecule has 0 saturated carbocycles. The minimum atomic E-state index is -0.0615. The minimum absolute atomic E-state index is 0.0615. The molecule has 0 aliphatic rings. The molecule has 5 rings (SSSR count). The van der Waals surface area contributed by atoms with Crippen molar-refractivity contribution in [2.24, 2.45) is 0 Å². The lowest BCUT2D eigenvalue weighted by atomic mass is 10.0. The third-order valence-corrected chi connectivity index (χ3v) is 6.43. The fraction of sp³-hybridized carbons (Fsp3) is 0.0714. The van der Waals surface area contributed by atoms with Crippen molar-refractivity contribution in [1.82, 2.24) is 10.3 Å². The van der Waals surface area contributed by atoms with Gasteiger partial charge in [-0.05, 0) is 29.3 Å². The molecule has 3 nitrogen and oxygen atoms in total. The van der Waals surface area contributed by atoms with Gasteiger partial charge in [-0.3, -0.25) is 4.79 Å². The van der Waals surface area contributed by atoms with Gasteiger partial charge in [-0.2, -0.15) is 0 Å². The van der Waals surface area contributed by atoms with Gasteiger partial charge in [-0.15, -0.1) is 11.3 Å². The number of carbonyl (C=O) groups excluding carboxylic acids is 1. The topological polar surface area (TPSA) is 42.0 Å². The maximum Gasteiger partial charge on any atom is 0.252 e. The Kier molecular flexibility index (Phi) is 5.53. The summed E-state index contributed by atoms with van der Waals surface area (Å²) < 4.78 is 0. The molecule has 0 unspecified atom stereocenters. The van der Waals surface area contributed by atoms with E-state index in [9.17, 15) is 4.79 Å². The molecule has 0 radical (unpaired) electrons. The van der Waals surface area contributed by atoms with Crippen LogP contribution >= 0.6 is 11.3 Å². The Morgan fingerprint density at radius 3 is 2.38 bits per heavy atom. The van der Waals surface area contributed by atoms with Crippen molar-refractivity contribution >= 4 is 28.0 Å². The van der Waals surface area contributed by atoms with E-state index in [0.29, 0.717) is 12.1 Å². The monoisotopic (exact) mass is 434 g/mol. The van der Waals surface area contributed by atoms with Crippen LogP contribution in [0.25, 0.3) is 32.6 Å². The van der Waals surface area contributed by atoms with Crippen molar-refractivity contribution in [2.75, 3.05) is 0 Å². The predicted molar refractivity (Wildman–Crippen MR) is 133 cm³/mol. The highest BCUT2D eigenvalue weighted by molar-refractivity contribution is 7.13. The average molecular weight is 435 g/mol. The van der Waals surface area contributed by atoms with Gasteiger partial charge in [0.2, 0.25) is 0 Å². The normalized spacial score (nSPS) is 10.9. The number of hydrogen-bond donors (Lipinski definition) is 1. The molecule has 1 heterocycles. The largest absolute Gasteiger partial charge is 0.348 e. The molecule has 0 spiro atoms. The van der Waals surface area contributed by atoms with Gasteiger partial charge in [0, 0.05) is 28.6 Å².